The van der Waals surface area contributed by atoms with Gasteiger partial charge in [-0.15, -0.1) is 0 Å². The van der Waals surface area contributed by atoms with Crippen LogP contribution in [-0.2, 0) is 18.9 Å². The normalized spacial score (nSPS) is 10.0. The molecule has 0 aromatic rings. The van der Waals surface area contributed by atoms with Crippen LogP contribution in [0.5, 0.6) is 0 Å². The quantitative estimate of drug-likeness (QED) is 0.512. The summed E-state index contributed by atoms with van der Waals surface area (Å²) in [6.07, 6.45) is 2.03. The first-order chi connectivity index (χ1) is 8.83. The molecule has 4 nitrogen and oxygen atoms in total. The van der Waals surface area contributed by atoms with Gasteiger partial charge in [-0.2, -0.15) is 11.8 Å². The summed E-state index contributed by atoms with van der Waals surface area (Å²) < 4.78 is 20.6. The molecule has 0 saturated carbocycles. The Labute approximate surface area is 117 Å². The molecular formula is C13H28O4S. The summed E-state index contributed by atoms with van der Waals surface area (Å²) in [5.74, 6) is 0.986. The van der Waals surface area contributed by atoms with Crippen LogP contribution in [0.1, 0.15) is 6.92 Å². The summed E-state index contributed by atoms with van der Waals surface area (Å²) in [6, 6.07) is 0. The van der Waals surface area contributed by atoms with E-state index in [0.717, 1.165) is 12.4 Å². The van der Waals surface area contributed by atoms with Gasteiger partial charge in [0.05, 0.1) is 39.6 Å². The molecule has 0 fully saturated rings. The van der Waals surface area contributed by atoms with Crippen LogP contribution >= 0.6 is 11.8 Å². The third-order valence-electron chi connectivity index (χ3n) is 1.67. The monoisotopic (exact) mass is 280 g/mol. The average molecular weight is 280 g/mol. The Kier molecular flexibility index (Phi) is 25.5. The van der Waals surface area contributed by atoms with Crippen molar-refractivity contribution < 1.29 is 18.9 Å². The second-order valence-corrected chi connectivity index (χ2v) is 4.01. The highest BCUT2D eigenvalue weighted by Gasteiger charge is 1.90. The van der Waals surface area contributed by atoms with Crippen LogP contribution in [-0.4, -0.2) is 64.9 Å². The molecular weight excluding hydrogens is 252 g/mol. The Balaban J connectivity index is 0. The third-order valence-corrected chi connectivity index (χ3v) is 2.08. The van der Waals surface area contributed by atoms with E-state index in [2.05, 4.69) is 13.8 Å². The van der Waals surface area contributed by atoms with E-state index < -0.39 is 0 Å². The van der Waals surface area contributed by atoms with Crippen LogP contribution in [0.15, 0.2) is 0 Å². The van der Waals surface area contributed by atoms with Crippen LogP contribution in [0, 0.1) is 13.8 Å². The molecule has 0 aliphatic heterocycles. The zero-order valence-electron chi connectivity index (χ0n) is 11.8. The minimum atomic E-state index is 0.494. The van der Waals surface area contributed by atoms with Gasteiger partial charge in [0.1, 0.15) is 0 Å². The van der Waals surface area contributed by atoms with Gasteiger partial charge >= 0.3 is 0 Å². The van der Waals surface area contributed by atoms with Gasteiger partial charge in [0.2, 0.25) is 0 Å². The average Bonchev–Trinajstić information content (AvgIpc) is 2.41. The predicted octanol–water partition coefficient (Wildman–Crippen LogP) is 2.09. The molecule has 0 aliphatic rings. The Bertz CT molecular complexity index is 112. The second-order valence-electron chi connectivity index (χ2n) is 3.03. The highest BCUT2D eigenvalue weighted by atomic mass is 32.2. The number of thioether (sulfide) groups is 1. The summed E-state index contributed by atoms with van der Waals surface area (Å²) in [5.41, 5.74) is 0. The smallest absolute Gasteiger partial charge is 0.0701 e. The maximum Gasteiger partial charge on any atom is 0.0701 e. The molecule has 0 rings (SSSR count). The first-order valence-electron chi connectivity index (χ1n) is 6.21. The largest absolute Gasteiger partial charge is 0.379 e. The van der Waals surface area contributed by atoms with Crippen molar-refractivity contribution in [3.05, 3.63) is 13.8 Å². The van der Waals surface area contributed by atoms with E-state index >= 15 is 0 Å². The number of hydrogen-bond donors (Lipinski definition) is 0. The summed E-state index contributed by atoms with van der Waals surface area (Å²) in [5, 5.41) is 0. The summed E-state index contributed by atoms with van der Waals surface area (Å²) in [4.78, 5) is 0. The summed E-state index contributed by atoms with van der Waals surface area (Å²) in [7, 11) is 0. The topological polar surface area (TPSA) is 36.9 Å². The van der Waals surface area contributed by atoms with E-state index in [1.54, 1.807) is 11.8 Å². The molecule has 0 spiro atoms. The van der Waals surface area contributed by atoms with Crippen LogP contribution in [0.25, 0.3) is 0 Å². The molecule has 0 saturated heterocycles. The lowest BCUT2D eigenvalue weighted by molar-refractivity contribution is 0.00225. The van der Waals surface area contributed by atoms with Gasteiger partial charge in [0.25, 0.3) is 0 Å². The maximum absolute atomic E-state index is 5.24. The Morgan fingerprint density at radius 1 is 0.778 bits per heavy atom. The third kappa shape index (κ3) is 25.1. The van der Waals surface area contributed by atoms with Crippen LogP contribution < -0.4 is 0 Å². The standard InChI is InChI=1S/C10H21O4.C3H7S/c1-3-11-5-7-13-9-10-14-8-6-12-4-2;1-3-4-2/h1,3-10H2,2H3;1,3H2,2H3. The van der Waals surface area contributed by atoms with Crippen molar-refractivity contribution in [2.24, 2.45) is 0 Å². The lowest BCUT2D eigenvalue weighted by Crippen LogP contribution is -2.11. The fraction of sp³-hybridized carbons (Fsp3) is 0.846. The highest BCUT2D eigenvalue weighted by molar-refractivity contribution is 7.98. The molecule has 110 valence electrons. The minimum absolute atomic E-state index is 0.494. The molecule has 18 heavy (non-hydrogen) atoms. The predicted molar refractivity (Wildman–Crippen MR) is 78.0 cm³/mol. The molecule has 0 atom stereocenters. The van der Waals surface area contributed by atoms with Crippen LogP contribution in [0.3, 0.4) is 0 Å². The van der Waals surface area contributed by atoms with Crippen molar-refractivity contribution in [3.8, 4) is 0 Å². The Morgan fingerprint density at radius 2 is 1.17 bits per heavy atom. The number of ether oxygens (including phenoxy) is 4. The summed E-state index contributed by atoms with van der Waals surface area (Å²) >= 11 is 1.75. The van der Waals surface area contributed by atoms with E-state index in [4.69, 9.17) is 18.9 Å². The molecule has 0 heterocycles. The SMILES string of the molecule is [CH2]COCCOCCOCCOCC.[CH2]CSC. The van der Waals surface area contributed by atoms with Gasteiger partial charge in [-0.3, -0.25) is 0 Å². The van der Waals surface area contributed by atoms with Gasteiger partial charge in [0.15, 0.2) is 0 Å². The van der Waals surface area contributed by atoms with Gasteiger partial charge in [-0.05, 0) is 32.8 Å². The molecule has 2 radical (unpaired) electrons. The van der Waals surface area contributed by atoms with Gasteiger partial charge in [-0.25, -0.2) is 0 Å². The number of rotatable bonds is 12. The Hall–Kier alpha value is 0.190. The fourth-order valence-electron chi connectivity index (χ4n) is 0.804. The lowest BCUT2D eigenvalue weighted by atomic mass is 10.7. The molecule has 0 unspecified atom stereocenters. The van der Waals surface area contributed by atoms with Crippen molar-refractivity contribution in [2.75, 3.05) is 64.9 Å². The second kappa shape index (κ2) is 22.4. The van der Waals surface area contributed by atoms with E-state index in [1.165, 1.54) is 0 Å². The Morgan fingerprint density at radius 3 is 1.50 bits per heavy atom. The molecule has 0 aromatic carbocycles. The van der Waals surface area contributed by atoms with Crippen LogP contribution in [0.2, 0.25) is 0 Å². The molecule has 0 bridgehead atoms. The van der Waals surface area contributed by atoms with Gasteiger partial charge in [-0.1, -0.05) is 0 Å². The number of hydrogen-bond acceptors (Lipinski definition) is 5. The summed E-state index contributed by atoms with van der Waals surface area (Å²) in [6.45, 7) is 14.0. The van der Waals surface area contributed by atoms with Crippen molar-refractivity contribution in [2.45, 2.75) is 6.92 Å². The van der Waals surface area contributed by atoms with E-state index in [-0.39, 0.29) is 0 Å². The fourth-order valence-corrected chi connectivity index (χ4v) is 0.804. The molecule has 0 aromatic heterocycles. The molecule has 0 amide bonds. The van der Waals surface area contributed by atoms with Gasteiger partial charge in [0, 0.05) is 13.2 Å². The van der Waals surface area contributed by atoms with E-state index in [1.807, 2.05) is 13.2 Å². The van der Waals surface area contributed by atoms with E-state index in [9.17, 15) is 0 Å². The zero-order valence-corrected chi connectivity index (χ0v) is 12.6. The van der Waals surface area contributed by atoms with Crippen molar-refractivity contribution in [3.63, 3.8) is 0 Å². The first-order valence-corrected chi connectivity index (χ1v) is 7.61. The molecule has 5 heteroatoms. The van der Waals surface area contributed by atoms with E-state index in [0.29, 0.717) is 46.2 Å². The van der Waals surface area contributed by atoms with Gasteiger partial charge < -0.3 is 18.9 Å². The minimum Gasteiger partial charge on any atom is -0.379 e. The van der Waals surface area contributed by atoms with Crippen LogP contribution in [0.4, 0.5) is 0 Å². The van der Waals surface area contributed by atoms with Crippen molar-refractivity contribution in [1.29, 1.82) is 0 Å². The molecule has 0 N–H and O–H groups in total. The van der Waals surface area contributed by atoms with Crippen molar-refractivity contribution in [1.82, 2.24) is 0 Å². The molecule has 0 aliphatic carbocycles. The lowest BCUT2D eigenvalue weighted by Gasteiger charge is -2.05. The van der Waals surface area contributed by atoms with Crippen molar-refractivity contribution >= 4 is 11.8 Å². The first kappa shape index (κ1) is 20.5. The maximum atomic E-state index is 5.24. The zero-order chi connectivity index (χ0) is 13.9. The highest BCUT2D eigenvalue weighted by Crippen LogP contribution is 1.83.